The third-order valence-electron chi connectivity index (χ3n) is 4.20. The highest BCUT2D eigenvalue weighted by Crippen LogP contribution is 2.34. The van der Waals surface area contributed by atoms with Gasteiger partial charge in [0.05, 0.1) is 5.69 Å². The fraction of sp³-hybridized carbons (Fsp3) is 0.0556. The number of hydrogen-bond acceptors (Lipinski definition) is 7. The van der Waals surface area contributed by atoms with E-state index in [-0.39, 0.29) is 5.82 Å². The van der Waals surface area contributed by atoms with Crippen molar-refractivity contribution in [1.29, 1.82) is 0 Å². The summed E-state index contributed by atoms with van der Waals surface area (Å²) >= 11 is 4.80. The van der Waals surface area contributed by atoms with E-state index < -0.39 is 0 Å². The molecule has 9 heteroatoms. The Morgan fingerprint density at radius 2 is 1.96 bits per heavy atom. The SMILES string of the molecule is O=Nc1c(-c2ccc(Br)cc2)nc2sc(Cc3noc4ccccc34)nn12. The summed E-state index contributed by atoms with van der Waals surface area (Å²) in [6, 6.07) is 15.2. The first-order chi connectivity index (χ1) is 13.2. The number of rotatable bonds is 4. The molecule has 5 aromatic rings. The largest absolute Gasteiger partial charge is 0.356 e. The number of halogens is 1. The number of para-hydroxylation sites is 1. The molecule has 0 aliphatic rings. The van der Waals surface area contributed by atoms with E-state index in [4.69, 9.17) is 4.52 Å². The quantitative estimate of drug-likeness (QED) is 0.352. The molecule has 7 nitrogen and oxygen atoms in total. The molecular weight excluding hydrogens is 430 g/mol. The molecule has 27 heavy (non-hydrogen) atoms. The number of benzene rings is 2. The second-order valence-electron chi connectivity index (χ2n) is 5.87. The Morgan fingerprint density at radius 1 is 1.15 bits per heavy atom. The molecule has 0 saturated carbocycles. The van der Waals surface area contributed by atoms with Crippen LogP contribution in [0.25, 0.3) is 27.2 Å². The number of nitrogens with zero attached hydrogens (tertiary/aromatic N) is 5. The van der Waals surface area contributed by atoms with Crippen LogP contribution in [0.5, 0.6) is 0 Å². The van der Waals surface area contributed by atoms with E-state index in [9.17, 15) is 4.91 Å². The molecule has 0 fully saturated rings. The van der Waals surface area contributed by atoms with Crippen molar-refractivity contribution in [2.45, 2.75) is 6.42 Å². The predicted molar refractivity (Wildman–Crippen MR) is 106 cm³/mol. The van der Waals surface area contributed by atoms with E-state index in [1.165, 1.54) is 15.9 Å². The van der Waals surface area contributed by atoms with Gasteiger partial charge < -0.3 is 4.52 Å². The van der Waals surface area contributed by atoms with Gasteiger partial charge in [-0.3, -0.25) is 0 Å². The topological polar surface area (TPSA) is 85.6 Å². The van der Waals surface area contributed by atoms with Gasteiger partial charge in [0, 0.05) is 21.8 Å². The lowest BCUT2D eigenvalue weighted by atomic mass is 10.1. The molecule has 0 saturated heterocycles. The lowest BCUT2D eigenvalue weighted by Gasteiger charge is -1.97. The molecule has 0 unspecified atom stereocenters. The zero-order valence-electron chi connectivity index (χ0n) is 13.7. The van der Waals surface area contributed by atoms with Gasteiger partial charge in [-0.1, -0.05) is 56.7 Å². The highest BCUT2D eigenvalue weighted by molar-refractivity contribution is 9.10. The van der Waals surface area contributed by atoms with Crippen molar-refractivity contribution in [3.63, 3.8) is 0 Å². The number of aromatic nitrogens is 4. The van der Waals surface area contributed by atoms with Crippen molar-refractivity contribution in [2.24, 2.45) is 5.18 Å². The van der Waals surface area contributed by atoms with Gasteiger partial charge in [0.25, 0.3) is 0 Å². The molecular formula is C18H10BrN5O2S. The van der Waals surface area contributed by atoms with Crippen molar-refractivity contribution in [3.05, 3.63) is 68.6 Å². The average molecular weight is 440 g/mol. The van der Waals surface area contributed by atoms with Crippen molar-refractivity contribution in [2.75, 3.05) is 0 Å². The number of nitroso groups, excluding NO2 is 1. The summed E-state index contributed by atoms with van der Waals surface area (Å²) < 4.78 is 7.79. The van der Waals surface area contributed by atoms with Crippen LogP contribution in [0.4, 0.5) is 5.82 Å². The Labute approximate surface area is 164 Å². The minimum absolute atomic E-state index is 0.194. The van der Waals surface area contributed by atoms with Crippen LogP contribution in [0.15, 0.2) is 62.7 Å². The number of hydrogen-bond donors (Lipinski definition) is 0. The van der Waals surface area contributed by atoms with Gasteiger partial charge in [-0.15, -0.1) is 4.91 Å². The second-order valence-corrected chi connectivity index (χ2v) is 7.83. The smallest absolute Gasteiger partial charge is 0.227 e. The van der Waals surface area contributed by atoms with Gasteiger partial charge in [-0.2, -0.15) is 9.61 Å². The van der Waals surface area contributed by atoms with Crippen LogP contribution >= 0.6 is 27.3 Å². The zero-order valence-corrected chi connectivity index (χ0v) is 16.1. The summed E-state index contributed by atoms with van der Waals surface area (Å²) in [5.41, 5.74) is 2.88. The molecule has 0 radical (unpaired) electrons. The van der Waals surface area contributed by atoms with Crippen LogP contribution < -0.4 is 0 Å². The van der Waals surface area contributed by atoms with E-state index in [0.29, 0.717) is 17.1 Å². The van der Waals surface area contributed by atoms with Crippen LogP contribution in [0.2, 0.25) is 0 Å². The minimum Gasteiger partial charge on any atom is -0.356 e. The maximum Gasteiger partial charge on any atom is 0.227 e. The van der Waals surface area contributed by atoms with E-state index in [1.54, 1.807) is 0 Å². The lowest BCUT2D eigenvalue weighted by molar-refractivity contribution is 0.448. The first kappa shape index (κ1) is 16.3. The molecule has 0 amide bonds. The predicted octanol–water partition coefficient (Wildman–Crippen LogP) is 5.35. The third kappa shape index (κ3) is 2.75. The van der Waals surface area contributed by atoms with Gasteiger partial charge in [0.15, 0.2) is 5.58 Å². The second kappa shape index (κ2) is 6.36. The van der Waals surface area contributed by atoms with E-state index in [0.717, 1.165) is 31.7 Å². The zero-order chi connectivity index (χ0) is 18.4. The summed E-state index contributed by atoms with van der Waals surface area (Å²) in [5.74, 6) is 0.194. The van der Waals surface area contributed by atoms with Gasteiger partial charge >= 0.3 is 0 Å². The third-order valence-corrected chi connectivity index (χ3v) is 5.63. The fourth-order valence-electron chi connectivity index (χ4n) is 2.94. The van der Waals surface area contributed by atoms with Crippen molar-refractivity contribution >= 4 is 49.0 Å². The molecule has 3 aromatic heterocycles. The normalized spacial score (nSPS) is 11.4. The number of fused-ring (bicyclic) bond motifs is 2. The van der Waals surface area contributed by atoms with Crippen LogP contribution in [-0.2, 0) is 6.42 Å². The van der Waals surface area contributed by atoms with Gasteiger partial charge in [-0.05, 0) is 29.4 Å². The summed E-state index contributed by atoms with van der Waals surface area (Å²) in [6.45, 7) is 0. The molecule has 0 aliphatic carbocycles. The molecule has 0 bridgehead atoms. The molecule has 132 valence electrons. The monoisotopic (exact) mass is 439 g/mol. The Kier molecular flexibility index (Phi) is 3.83. The van der Waals surface area contributed by atoms with Crippen LogP contribution in [0.3, 0.4) is 0 Å². The molecule has 0 aliphatic heterocycles. The molecule has 0 atom stereocenters. The van der Waals surface area contributed by atoms with Crippen molar-refractivity contribution in [1.82, 2.24) is 19.8 Å². The van der Waals surface area contributed by atoms with Gasteiger partial charge in [-0.25, -0.2) is 4.98 Å². The molecule has 0 N–H and O–H groups in total. The average Bonchev–Trinajstić information content (AvgIpc) is 3.35. The highest BCUT2D eigenvalue weighted by Gasteiger charge is 2.20. The molecule has 0 spiro atoms. The van der Waals surface area contributed by atoms with Gasteiger partial charge in [0.1, 0.15) is 10.7 Å². The maximum absolute atomic E-state index is 11.5. The Balaban J connectivity index is 1.55. The summed E-state index contributed by atoms with van der Waals surface area (Å²) in [6.07, 6.45) is 0.497. The standard InChI is InChI=1S/C18H10BrN5O2S/c19-11-7-5-10(6-8-11)16-17(22-25)24-18(20-16)27-15(21-24)9-13-12-3-1-2-4-14(12)26-23-13/h1-8H,9H2. The van der Waals surface area contributed by atoms with Crippen molar-refractivity contribution in [3.8, 4) is 11.3 Å². The van der Waals surface area contributed by atoms with E-state index >= 15 is 0 Å². The van der Waals surface area contributed by atoms with Crippen LogP contribution in [0, 0.1) is 4.91 Å². The van der Waals surface area contributed by atoms with E-state index in [2.05, 4.69) is 36.3 Å². The molecule has 3 heterocycles. The van der Waals surface area contributed by atoms with Crippen LogP contribution in [-0.4, -0.2) is 19.8 Å². The summed E-state index contributed by atoms with van der Waals surface area (Å²) in [5, 5.41) is 13.6. The molecule has 5 rings (SSSR count). The molecule has 2 aromatic carbocycles. The van der Waals surface area contributed by atoms with Crippen LogP contribution in [0.1, 0.15) is 10.7 Å². The Hall–Kier alpha value is -2.91. The first-order valence-corrected chi connectivity index (χ1v) is 9.65. The highest BCUT2D eigenvalue weighted by atomic mass is 79.9. The van der Waals surface area contributed by atoms with Crippen molar-refractivity contribution < 1.29 is 4.52 Å². The summed E-state index contributed by atoms with van der Waals surface area (Å²) in [4.78, 5) is 16.6. The lowest BCUT2D eigenvalue weighted by Crippen LogP contribution is -1.91. The minimum atomic E-state index is 0.194. The fourth-order valence-corrected chi connectivity index (χ4v) is 4.10. The first-order valence-electron chi connectivity index (χ1n) is 8.04. The maximum atomic E-state index is 11.5. The Bertz CT molecular complexity index is 1290. The van der Waals surface area contributed by atoms with Gasteiger partial charge in [0.2, 0.25) is 10.8 Å². The Morgan fingerprint density at radius 3 is 2.78 bits per heavy atom. The van der Waals surface area contributed by atoms with E-state index in [1.807, 2.05) is 48.5 Å². The number of imidazole rings is 1. The summed E-state index contributed by atoms with van der Waals surface area (Å²) in [7, 11) is 0.